The van der Waals surface area contributed by atoms with E-state index in [9.17, 15) is 4.79 Å². The monoisotopic (exact) mass is 282 g/mol. The Hall–Kier alpha value is -0.770. The highest BCUT2D eigenvalue weighted by Gasteiger charge is 2.36. The fraction of sp³-hybridized carbons (Fsp3) is 0.938. The Labute approximate surface area is 123 Å². The highest BCUT2D eigenvalue weighted by Crippen LogP contribution is 2.29. The van der Waals surface area contributed by atoms with Gasteiger partial charge in [-0.15, -0.1) is 0 Å². The van der Waals surface area contributed by atoms with E-state index in [0.29, 0.717) is 12.1 Å². The van der Waals surface area contributed by atoms with E-state index in [1.807, 2.05) is 25.7 Å². The third-order valence-corrected chi connectivity index (χ3v) is 4.44. The molecule has 1 N–H and O–H groups in total. The average Bonchev–Trinajstić information content (AvgIpc) is 2.27. The molecular weight excluding hydrogens is 252 g/mol. The number of rotatable bonds is 2. The van der Waals surface area contributed by atoms with Gasteiger partial charge in [0, 0.05) is 24.7 Å². The number of carbonyl (C=O) groups is 1. The first-order chi connectivity index (χ1) is 9.26. The number of likely N-dealkylation sites (tertiary alicyclic amines) is 1. The first-order valence-electron chi connectivity index (χ1n) is 8.02. The first kappa shape index (κ1) is 15.6. The maximum absolute atomic E-state index is 12.3. The summed E-state index contributed by atoms with van der Waals surface area (Å²) in [5, 5.41) is 3.73. The van der Waals surface area contributed by atoms with Gasteiger partial charge in [0.25, 0.3) is 0 Å². The van der Waals surface area contributed by atoms with E-state index in [-0.39, 0.29) is 12.1 Å². The van der Waals surface area contributed by atoms with Crippen LogP contribution in [0, 0.1) is 5.92 Å². The molecule has 1 aliphatic carbocycles. The van der Waals surface area contributed by atoms with Crippen LogP contribution >= 0.6 is 0 Å². The molecule has 2 atom stereocenters. The minimum atomic E-state index is -0.416. The second-order valence-corrected chi connectivity index (χ2v) is 7.60. The van der Waals surface area contributed by atoms with Crippen LogP contribution in [0.15, 0.2) is 0 Å². The molecule has 0 spiro atoms. The van der Waals surface area contributed by atoms with Crippen molar-refractivity contribution in [1.29, 1.82) is 0 Å². The molecule has 2 fully saturated rings. The Kier molecular flexibility index (Phi) is 4.62. The zero-order valence-electron chi connectivity index (χ0n) is 13.6. The van der Waals surface area contributed by atoms with Crippen LogP contribution in [0.2, 0.25) is 0 Å². The Morgan fingerprint density at radius 1 is 1.25 bits per heavy atom. The maximum atomic E-state index is 12.3. The van der Waals surface area contributed by atoms with Gasteiger partial charge in [0.1, 0.15) is 5.60 Å². The van der Waals surface area contributed by atoms with Crippen molar-refractivity contribution in [3.8, 4) is 0 Å². The Morgan fingerprint density at radius 2 is 1.90 bits per heavy atom. The predicted molar refractivity (Wildman–Crippen MR) is 80.7 cm³/mol. The Bertz CT molecular complexity index is 345. The summed E-state index contributed by atoms with van der Waals surface area (Å²) in [6.45, 7) is 11.0. The number of nitrogens with zero attached hydrogens (tertiary/aromatic N) is 1. The van der Waals surface area contributed by atoms with Gasteiger partial charge < -0.3 is 15.0 Å². The summed E-state index contributed by atoms with van der Waals surface area (Å²) in [7, 11) is 0. The van der Waals surface area contributed by atoms with Crippen molar-refractivity contribution in [3.05, 3.63) is 0 Å². The van der Waals surface area contributed by atoms with Crippen molar-refractivity contribution in [2.75, 3.05) is 6.54 Å². The summed E-state index contributed by atoms with van der Waals surface area (Å²) in [4.78, 5) is 14.2. The lowest BCUT2D eigenvalue weighted by Crippen LogP contribution is -2.58. The average molecular weight is 282 g/mol. The number of hydrogen-bond acceptors (Lipinski definition) is 3. The summed E-state index contributed by atoms with van der Waals surface area (Å²) < 4.78 is 5.52. The molecule has 0 aromatic heterocycles. The molecule has 2 rings (SSSR count). The minimum Gasteiger partial charge on any atom is -0.444 e. The molecule has 0 aromatic carbocycles. The molecule has 0 bridgehead atoms. The maximum Gasteiger partial charge on any atom is 0.410 e. The zero-order valence-corrected chi connectivity index (χ0v) is 13.6. The van der Waals surface area contributed by atoms with Crippen molar-refractivity contribution in [2.45, 2.75) is 84.0 Å². The van der Waals surface area contributed by atoms with Crippen LogP contribution < -0.4 is 5.32 Å². The zero-order chi connectivity index (χ0) is 14.9. The molecule has 2 aliphatic rings. The number of nitrogens with one attached hydrogen (secondary N) is 1. The van der Waals surface area contributed by atoms with Crippen LogP contribution in [0.1, 0.15) is 60.3 Å². The highest BCUT2D eigenvalue weighted by molar-refractivity contribution is 5.68. The van der Waals surface area contributed by atoms with Crippen LogP contribution in [-0.4, -0.2) is 41.3 Å². The lowest BCUT2D eigenvalue weighted by atomic mass is 9.80. The van der Waals surface area contributed by atoms with Gasteiger partial charge in [0.05, 0.1) is 0 Å². The number of amides is 1. The van der Waals surface area contributed by atoms with Gasteiger partial charge in [0.15, 0.2) is 0 Å². The van der Waals surface area contributed by atoms with Crippen LogP contribution in [0.25, 0.3) is 0 Å². The quantitative estimate of drug-likeness (QED) is 0.846. The first-order valence-corrected chi connectivity index (χ1v) is 8.02. The third kappa shape index (κ3) is 3.87. The summed E-state index contributed by atoms with van der Waals surface area (Å²) in [6.07, 6.45) is 4.60. The standard InChI is InChI=1S/C16H30N2O2/c1-11-9-13(10-11)17-14-7-6-8-18(12(14)2)15(19)20-16(3,4)5/h11-14,17H,6-10H2,1-5H3. The summed E-state index contributed by atoms with van der Waals surface area (Å²) in [5.74, 6) is 0.855. The molecule has 0 radical (unpaired) electrons. The topological polar surface area (TPSA) is 41.6 Å². The molecule has 20 heavy (non-hydrogen) atoms. The molecule has 4 nitrogen and oxygen atoms in total. The minimum absolute atomic E-state index is 0.168. The molecule has 1 saturated carbocycles. The van der Waals surface area contributed by atoms with Gasteiger partial charge >= 0.3 is 6.09 Å². The van der Waals surface area contributed by atoms with Crippen LogP contribution in [0.4, 0.5) is 4.79 Å². The Balaban J connectivity index is 1.89. The smallest absolute Gasteiger partial charge is 0.410 e. The third-order valence-electron chi connectivity index (χ3n) is 4.44. The Morgan fingerprint density at radius 3 is 2.45 bits per heavy atom. The van der Waals surface area contributed by atoms with Crippen molar-refractivity contribution < 1.29 is 9.53 Å². The normalized spacial score (nSPS) is 34.5. The van der Waals surface area contributed by atoms with E-state index in [1.54, 1.807) is 0 Å². The molecule has 1 saturated heterocycles. The van der Waals surface area contributed by atoms with Crippen LogP contribution in [-0.2, 0) is 4.74 Å². The predicted octanol–water partition coefficient (Wildman–Crippen LogP) is 3.16. The number of hydrogen-bond donors (Lipinski definition) is 1. The van der Waals surface area contributed by atoms with Gasteiger partial charge in [-0.3, -0.25) is 0 Å². The number of carbonyl (C=O) groups excluding carboxylic acids is 1. The largest absolute Gasteiger partial charge is 0.444 e. The lowest BCUT2D eigenvalue weighted by Gasteiger charge is -2.44. The fourth-order valence-corrected chi connectivity index (χ4v) is 3.29. The number of ether oxygens (including phenoxy) is 1. The lowest BCUT2D eigenvalue weighted by molar-refractivity contribution is 0.00487. The molecule has 0 aromatic rings. The van der Waals surface area contributed by atoms with Crippen LogP contribution in [0.5, 0.6) is 0 Å². The molecule has 2 unspecified atom stereocenters. The van der Waals surface area contributed by atoms with Crippen molar-refractivity contribution >= 4 is 6.09 Å². The molecular formula is C16H30N2O2. The number of piperidine rings is 1. The van der Waals surface area contributed by atoms with Gasteiger partial charge in [-0.2, -0.15) is 0 Å². The highest BCUT2D eigenvalue weighted by atomic mass is 16.6. The van der Waals surface area contributed by atoms with E-state index >= 15 is 0 Å². The van der Waals surface area contributed by atoms with E-state index in [2.05, 4.69) is 19.2 Å². The SMILES string of the molecule is CC1CC(NC2CCCN(C(=O)OC(C)(C)C)C2C)C1. The van der Waals surface area contributed by atoms with Gasteiger partial charge in [-0.05, 0) is 59.3 Å². The van der Waals surface area contributed by atoms with Gasteiger partial charge in [-0.1, -0.05) is 6.92 Å². The summed E-state index contributed by atoms with van der Waals surface area (Å²) in [6, 6.07) is 1.28. The summed E-state index contributed by atoms with van der Waals surface area (Å²) in [5.41, 5.74) is -0.416. The van der Waals surface area contributed by atoms with Crippen molar-refractivity contribution in [2.24, 2.45) is 5.92 Å². The summed E-state index contributed by atoms with van der Waals surface area (Å²) >= 11 is 0. The second-order valence-electron chi connectivity index (χ2n) is 7.60. The molecule has 4 heteroatoms. The van der Waals surface area contributed by atoms with E-state index < -0.39 is 5.60 Å². The van der Waals surface area contributed by atoms with E-state index in [0.717, 1.165) is 25.3 Å². The van der Waals surface area contributed by atoms with E-state index in [4.69, 9.17) is 4.74 Å². The van der Waals surface area contributed by atoms with Crippen molar-refractivity contribution in [1.82, 2.24) is 10.2 Å². The van der Waals surface area contributed by atoms with Gasteiger partial charge in [0.2, 0.25) is 0 Å². The molecule has 1 aliphatic heterocycles. The molecule has 116 valence electrons. The molecule has 1 heterocycles. The van der Waals surface area contributed by atoms with E-state index in [1.165, 1.54) is 12.8 Å². The van der Waals surface area contributed by atoms with Crippen LogP contribution in [0.3, 0.4) is 0 Å². The molecule has 1 amide bonds. The van der Waals surface area contributed by atoms with Crippen molar-refractivity contribution in [3.63, 3.8) is 0 Å². The fourth-order valence-electron chi connectivity index (χ4n) is 3.29. The second kappa shape index (κ2) is 5.92. The van der Waals surface area contributed by atoms with Gasteiger partial charge in [-0.25, -0.2) is 4.79 Å².